The van der Waals surface area contributed by atoms with Crippen LogP contribution in [0.25, 0.3) is 88.1 Å². The number of amides is 4. The predicted octanol–water partition coefficient (Wildman–Crippen LogP) is 21.1. The van der Waals surface area contributed by atoms with Gasteiger partial charge in [0.1, 0.15) is 5.82 Å². The molecule has 0 bridgehead atoms. The molecule has 16 aromatic rings. The van der Waals surface area contributed by atoms with Crippen LogP contribution in [-0.2, 0) is 40.1 Å². The molecule has 12 aromatic carbocycles. The molecule has 0 radical (unpaired) electrons. The van der Waals surface area contributed by atoms with E-state index in [1.807, 2.05) is 185 Å². The summed E-state index contributed by atoms with van der Waals surface area (Å²) in [5.74, 6) is -1.85. The Labute approximate surface area is 784 Å². The average molecular weight is 1900 g/mol. The van der Waals surface area contributed by atoms with E-state index in [-0.39, 0.29) is 62.6 Å². The smallest absolute Gasteiger partial charge is 0.258 e. The fourth-order valence-corrected chi connectivity index (χ4v) is 23.5. The second kappa shape index (κ2) is 38.8. The van der Waals surface area contributed by atoms with Crippen LogP contribution in [0.1, 0.15) is 83.8 Å². The number of pyridine rings is 4. The number of anilines is 8. The molecule has 0 atom stereocenters. The zero-order valence-electron chi connectivity index (χ0n) is 72.6. The summed E-state index contributed by atoms with van der Waals surface area (Å²) < 4.78 is 117. The van der Waals surface area contributed by atoms with E-state index in [2.05, 4.69) is 47.3 Å². The van der Waals surface area contributed by atoms with Gasteiger partial charge in [-0.3, -0.25) is 56.3 Å². The van der Waals surface area contributed by atoms with Crippen molar-refractivity contribution in [1.82, 2.24) is 19.9 Å². The van der Waals surface area contributed by atoms with Crippen LogP contribution < -0.4 is 38.5 Å². The van der Waals surface area contributed by atoms with E-state index in [4.69, 9.17) is 23.2 Å². The summed E-state index contributed by atoms with van der Waals surface area (Å²) in [6.07, 6.45) is 9.36. The Hall–Kier alpha value is -14.3. The van der Waals surface area contributed by atoms with E-state index in [9.17, 15) is 57.2 Å². The van der Waals surface area contributed by atoms with Crippen LogP contribution in [0.4, 0.5) is 49.9 Å². The van der Waals surface area contributed by atoms with Gasteiger partial charge in [-0.2, -0.15) is 0 Å². The number of aromatic nitrogens is 4. The summed E-state index contributed by atoms with van der Waals surface area (Å²) in [6.45, 7) is 7.66. The van der Waals surface area contributed by atoms with Gasteiger partial charge in [-0.25, -0.2) is 38.1 Å². The Bertz CT molecular complexity index is 7360. The van der Waals surface area contributed by atoms with Crippen LogP contribution in [0, 0.1) is 26.6 Å². The molecule has 4 saturated heterocycles. The molecule has 676 valence electrons. The van der Waals surface area contributed by atoms with Gasteiger partial charge in [0.25, 0.3) is 23.6 Å². The van der Waals surface area contributed by atoms with Gasteiger partial charge < -0.3 is 21.3 Å². The lowest BCUT2D eigenvalue weighted by Crippen LogP contribution is -2.25. The topological polar surface area (TPSA) is 317 Å². The van der Waals surface area contributed by atoms with Gasteiger partial charge in [-0.15, -0.1) is 0 Å². The number of carbonyl (C=O) groups is 4. The van der Waals surface area contributed by atoms with Crippen molar-refractivity contribution in [3.63, 3.8) is 0 Å². The van der Waals surface area contributed by atoms with Gasteiger partial charge in [-0.1, -0.05) is 138 Å². The number of benzene rings is 12. The van der Waals surface area contributed by atoms with Gasteiger partial charge in [0, 0.05) is 129 Å². The first-order valence-electron chi connectivity index (χ1n) is 43.1. The first kappa shape index (κ1) is 91.6. The number of nitrogens with one attached hydrogen (secondary N) is 4. The van der Waals surface area contributed by atoms with E-state index in [0.29, 0.717) is 108 Å². The van der Waals surface area contributed by atoms with E-state index in [1.165, 1.54) is 35.4 Å². The van der Waals surface area contributed by atoms with Crippen LogP contribution in [0.5, 0.6) is 0 Å². The summed E-state index contributed by atoms with van der Waals surface area (Å²) in [5.41, 5.74) is 15.0. The zero-order valence-corrected chi connectivity index (χ0v) is 77.4. The highest BCUT2D eigenvalue weighted by Crippen LogP contribution is 2.40. The van der Waals surface area contributed by atoms with Crippen molar-refractivity contribution >= 4 is 176 Å². The minimum Gasteiger partial charge on any atom is -0.322 e. The first-order chi connectivity index (χ1) is 64.5. The predicted molar refractivity (Wildman–Crippen MR) is 533 cm³/mol. The third-order valence-electron chi connectivity index (χ3n) is 23.6. The van der Waals surface area contributed by atoms with Crippen LogP contribution >= 0.6 is 23.2 Å². The maximum atomic E-state index is 14.8. The number of sulfonamides is 4. The van der Waals surface area contributed by atoms with Gasteiger partial charge in [0.05, 0.1) is 89.7 Å². The Kier molecular flexibility index (Phi) is 26.5. The minimum absolute atomic E-state index is 0.0399. The van der Waals surface area contributed by atoms with Crippen LogP contribution in [0.15, 0.2) is 304 Å². The summed E-state index contributed by atoms with van der Waals surface area (Å²) in [7, 11) is -13.3. The van der Waals surface area contributed by atoms with Crippen molar-refractivity contribution in [3.05, 3.63) is 359 Å². The summed E-state index contributed by atoms with van der Waals surface area (Å²) in [4.78, 5) is 69.8. The van der Waals surface area contributed by atoms with Crippen LogP contribution in [-0.4, -0.2) is 126 Å². The van der Waals surface area contributed by atoms with Crippen LogP contribution in [0.2, 0.25) is 10.0 Å². The molecule has 20 rings (SSSR count). The first-order valence-corrected chi connectivity index (χ1v) is 50.2. The molecule has 4 N–H and O–H groups in total. The molecule has 8 heterocycles. The molecular weight excluding hydrogens is 1820 g/mol. The molecule has 0 spiro atoms. The van der Waals surface area contributed by atoms with Gasteiger partial charge in [0.2, 0.25) is 40.1 Å². The monoisotopic (exact) mass is 1900 g/mol. The number of hydrogen-bond acceptors (Lipinski definition) is 16. The van der Waals surface area contributed by atoms with E-state index in [0.717, 1.165) is 111 Å². The van der Waals surface area contributed by atoms with Crippen molar-refractivity contribution in [2.45, 2.75) is 46.5 Å². The summed E-state index contributed by atoms with van der Waals surface area (Å²) >= 11 is 12.9. The van der Waals surface area contributed by atoms with Gasteiger partial charge in [0.15, 0.2) is 0 Å². The highest BCUT2D eigenvalue weighted by molar-refractivity contribution is 7.94. The van der Waals surface area contributed by atoms with Crippen molar-refractivity contribution in [1.29, 1.82) is 0 Å². The number of hydrogen-bond donors (Lipinski definition) is 4. The number of carbonyl (C=O) groups excluding carboxylic acids is 4. The molecule has 4 aromatic heterocycles. The maximum absolute atomic E-state index is 14.8. The standard InChI is InChI=1S/C26H22ClN3O3S.C26H22FN3O3S.C26H23N3O3S.C25H20ClN3O3S/c2*1-17-7-8-19(15-23(17)25-21-6-3-2-5-18(21)11-12-28-25)29-26(31)22-10-9-20(16-24(22)27)30-13-4-14-34(30,32)33;1-18-7-10-21(17-24(18)25-23-6-3-2-5-19(23)13-14-27-25)28-26(30)20-8-11-22(12-9-20)29-15-4-16-33(29,31)32;26-23-11-8-19(16-22(23)24-21-5-2-1-4-17(21)12-13-27-24)28-25(30)18-6-9-20(10-7-18)29-14-3-15-33(29,31)32/h2*2-3,5-12,15-16H,4,13-14H2,1H3,(H,29,31);2-3,5-14,17H,4,15-16H2,1H3,(H,28,30);1-2,4-13,16H,3,14-15H2,(H,28,30). The third-order valence-corrected chi connectivity index (χ3v) is 31.7. The maximum Gasteiger partial charge on any atom is 0.258 e. The molecule has 4 aliphatic rings. The Morgan fingerprint density at radius 2 is 0.582 bits per heavy atom. The molecule has 4 aliphatic heterocycles. The van der Waals surface area contributed by atoms with Crippen molar-refractivity contribution in [2.75, 3.05) is 87.7 Å². The summed E-state index contributed by atoms with van der Waals surface area (Å²) in [6, 6.07) is 83.8. The number of rotatable bonds is 16. The second-order valence-corrected chi connectivity index (χ2v) is 41.4. The third kappa shape index (κ3) is 19.9. The molecule has 31 heteroatoms. The SMILES string of the molecule is Cc1ccc(NC(=O)c2ccc(N3CCCS3(=O)=O)cc2)cc1-c1nccc2ccccc12.Cc1ccc(NC(=O)c2ccc(N3CCCS3(=O)=O)cc2Cl)cc1-c1nccc2ccccc12.Cc1ccc(NC(=O)c2ccc(N3CCCS3(=O)=O)cc2F)cc1-c1nccc2ccccc12.O=C(Nc1ccc(Cl)c(-c2nccc3ccccc23)c1)c1ccc(N2CCCS2(=O)=O)cc1. The highest BCUT2D eigenvalue weighted by atomic mass is 35.5. The number of fused-ring (bicyclic) bond motifs is 4. The normalized spacial score (nSPS) is 15.0. The summed E-state index contributed by atoms with van der Waals surface area (Å²) in [5, 5.41) is 20.6. The quantitative estimate of drug-likeness (QED) is 0.0698. The van der Waals surface area contributed by atoms with Crippen molar-refractivity contribution in [2.24, 2.45) is 0 Å². The molecule has 4 fully saturated rings. The molecular formula is C103H87Cl2FN12O12S4. The largest absolute Gasteiger partial charge is 0.322 e. The fourth-order valence-electron chi connectivity index (χ4n) is 16.8. The average Bonchev–Trinajstić information content (AvgIpc) is 1.79. The molecule has 4 amide bonds. The molecule has 0 unspecified atom stereocenters. The minimum atomic E-state index is -3.43. The van der Waals surface area contributed by atoms with Crippen LogP contribution in [0.3, 0.4) is 0 Å². The molecule has 0 aliphatic carbocycles. The fraction of sp³-hybridized carbons (Fsp3) is 0.146. The highest BCUT2D eigenvalue weighted by Gasteiger charge is 2.34. The number of nitrogens with zero attached hydrogens (tertiary/aromatic N) is 8. The van der Waals surface area contributed by atoms with E-state index in [1.54, 1.807) is 110 Å². The van der Waals surface area contributed by atoms with E-state index < -0.39 is 51.8 Å². The molecule has 24 nitrogen and oxygen atoms in total. The lowest BCUT2D eigenvalue weighted by atomic mass is 9.99. The molecule has 0 saturated carbocycles. The Morgan fingerprint density at radius 1 is 0.299 bits per heavy atom. The van der Waals surface area contributed by atoms with Crippen molar-refractivity contribution in [3.8, 4) is 45.0 Å². The van der Waals surface area contributed by atoms with Gasteiger partial charge in [-0.05, 0) is 248 Å². The van der Waals surface area contributed by atoms with Crippen molar-refractivity contribution < 1.29 is 57.2 Å². The number of aryl methyl sites for hydroxylation is 3. The van der Waals surface area contributed by atoms with Gasteiger partial charge >= 0.3 is 0 Å². The number of halogens is 3. The Balaban J connectivity index is 0.000000124. The molecule has 134 heavy (non-hydrogen) atoms. The van der Waals surface area contributed by atoms with E-state index >= 15 is 0 Å². The Morgan fingerprint density at radius 3 is 0.910 bits per heavy atom. The lowest BCUT2D eigenvalue weighted by Gasteiger charge is -2.18. The lowest BCUT2D eigenvalue weighted by molar-refractivity contribution is 0.101. The zero-order chi connectivity index (χ0) is 93.7. The second-order valence-electron chi connectivity index (χ2n) is 32.5.